The van der Waals surface area contributed by atoms with Gasteiger partial charge >= 0.3 is 5.97 Å². The van der Waals surface area contributed by atoms with Crippen LogP contribution in [0.3, 0.4) is 0 Å². The molecule has 0 bridgehead atoms. The van der Waals surface area contributed by atoms with Gasteiger partial charge in [-0.25, -0.2) is 4.79 Å². The number of imide groups is 1. The van der Waals surface area contributed by atoms with Gasteiger partial charge in [-0.1, -0.05) is 37.3 Å². The van der Waals surface area contributed by atoms with E-state index in [1.807, 2.05) is 37.3 Å². The molecular formula is C19H23NO4. The van der Waals surface area contributed by atoms with Gasteiger partial charge in [-0.05, 0) is 38.7 Å². The zero-order valence-electron chi connectivity index (χ0n) is 14.5. The highest BCUT2D eigenvalue weighted by atomic mass is 16.6. The highest BCUT2D eigenvalue weighted by molar-refractivity contribution is 6.14. The number of carbonyl (C=O) groups excluding carboxylic acids is 3. The highest BCUT2D eigenvalue weighted by Gasteiger charge is 2.39. The van der Waals surface area contributed by atoms with Gasteiger partial charge in [0.2, 0.25) is 0 Å². The van der Waals surface area contributed by atoms with Crippen molar-refractivity contribution in [2.24, 2.45) is 0 Å². The molecule has 2 atom stereocenters. The number of carbonyl (C=O) groups is 3. The first-order valence-electron chi connectivity index (χ1n) is 8.02. The molecule has 5 heteroatoms. The van der Waals surface area contributed by atoms with E-state index in [-0.39, 0.29) is 5.92 Å². The molecule has 0 saturated heterocycles. The fourth-order valence-corrected chi connectivity index (χ4v) is 2.65. The van der Waals surface area contributed by atoms with Crippen LogP contribution < -0.4 is 0 Å². The molecule has 5 nitrogen and oxygen atoms in total. The summed E-state index contributed by atoms with van der Waals surface area (Å²) in [6.07, 6.45) is 2.69. The summed E-state index contributed by atoms with van der Waals surface area (Å²) in [7, 11) is 0. The van der Waals surface area contributed by atoms with Crippen molar-refractivity contribution in [3.63, 3.8) is 0 Å². The van der Waals surface area contributed by atoms with Crippen molar-refractivity contribution >= 4 is 17.8 Å². The maximum Gasteiger partial charge on any atom is 0.329 e. The molecule has 24 heavy (non-hydrogen) atoms. The first kappa shape index (κ1) is 17.9. The lowest BCUT2D eigenvalue weighted by Gasteiger charge is -2.30. The van der Waals surface area contributed by atoms with Gasteiger partial charge in [0.1, 0.15) is 11.6 Å². The number of nitrogens with zero attached hydrogens (tertiary/aromatic N) is 1. The van der Waals surface area contributed by atoms with Crippen molar-refractivity contribution in [1.82, 2.24) is 4.90 Å². The standard InChI is InChI=1S/C19H23NO4/c1-13(14-8-6-5-7-9-14)12-15(18(23)24-19(2,3)4)20-16(21)10-11-17(20)22/h5-11,13,15H,12H2,1-4H3. The largest absolute Gasteiger partial charge is 0.458 e. The third-order valence-corrected chi connectivity index (χ3v) is 3.78. The van der Waals surface area contributed by atoms with E-state index in [9.17, 15) is 14.4 Å². The Hall–Kier alpha value is -2.43. The predicted octanol–water partition coefficient (Wildman–Crippen LogP) is 2.82. The van der Waals surface area contributed by atoms with Crippen molar-refractivity contribution < 1.29 is 19.1 Å². The molecule has 1 aliphatic rings. The van der Waals surface area contributed by atoms with E-state index in [0.29, 0.717) is 6.42 Å². The predicted molar refractivity (Wildman–Crippen MR) is 90.1 cm³/mol. The summed E-state index contributed by atoms with van der Waals surface area (Å²) >= 11 is 0. The molecule has 1 heterocycles. The third-order valence-electron chi connectivity index (χ3n) is 3.78. The summed E-state index contributed by atoms with van der Waals surface area (Å²) in [5.41, 5.74) is 0.350. The minimum atomic E-state index is -0.936. The number of hydrogen-bond acceptors (Lipinski definition) is 4. The fraction of sp³-hybridized carbons (Fsp3) is 0.421. The topological polar surface area (TPSA) is 63.7 Å². The number of amides is 2. The zero-order chi connectivity index (χ0) is 17.9. The third kappa shape index (κ3) is 4.31. The Labute approximate surface area is 142 Å². The normalized spacial score (nSPS) is 17.1. The number of esters is 1. The molecule has 2 unspecified atom stereocenters. The van der Waals surface area contributed by atoms with Gasteiger partial charge in [-0.3, -0.25) is 14.5 Å². The lowest BCUT2D eigenvalue weighted by Crippen LogP contribution is -2.48. The van der Waals surface area contributed by atoms with E-state index in [0.717, 1.165) is 10.5 Å². The van der Waals surface area contributed by atoms with E-state index in [1.54, 1.807) is 20.8 Å². The number of benzene rings is 1. The van der Waals surface area contributed by atoms with Crippen LogP contribution in [0.25, 0.3) is 0 Å². The monoisotopic (exact) mass is 329 g/mol. The average molecular weight is 329 g/mol. The van der Waals surface area contributed by atoms with Crippen LogP contribution in [0.5, 0.6) is 0 Å². The second-order valence-corrected chi connectivity index (χ2v) is 6.98. The lowest BCUT2D eigenvalue weighted by atomic mass is 9.93. The fourth-order valence-electron chi connectivity index (χ4n) is 2.65. The summed E-state index contributed by atoms with van der Waals surface area (Å²) < 4.78 is 5.43. The molecule has 1 aromatic carbocycles. The zero-order valence-corrected chi connectivity index (χ0v) is 14.5. The quantitative estimate of drug-likeness (QED) is 0.615. The molecule has 0 radical (unpaired) electrons. The average Bonchev–Trinajstić information content (AvgIpc) is 2.83. The van der Waals surface area contributed by atoms with Gasteiger partial charge in [0, 0.05) is 12.2 Å². The van der Waals surface area contributed by atoms with Crippen molar-refractivity contribution in [3.8, 4) is 0 Å². The van der Waals surface area contributed by atoms with Gasteiger partial charge in [0.05, 0.1) is 0 Å². The Morgan fingerprint density at radius 2 is 1.62 bits per heavy atom. The first-order chi connectivity index (χ1) is 11.2. The second-order valence-electron chi connectivity index (χ2n) is 6.98. The molecule has 1 aliphatic heterocycles. The molecule has 0 aromatic heterocycles. The molecule has 0 spiro atoms. The van der Waals surface area contributed by atoms with Crippen molar-refractivity contribution in [2.75, 3.05) is 0 Å². The maximum absolute atomic E-state index is 12.6. The molecule has 0 saturated carbocycles. The van der Waals surface area contributed by atoms with Crippen molar-refractivity contribution in [1.29, 1.82) is 0 Å². The van der Waals surface area contributed by atoms with Crippen molar-refractivity contribution in [2.45, 2.75) is 51.7 Å². The Morgan fingerprint density at radius 1 is 1.08 bits per heavy atom. The van der Waals surface area contributed by atoms with Crippen LogP contribution >= 0.6 is 0 Å². The summed E-state index contributed by atoms with van der Waals surface area (Å²) in [6, 6.07) is 8.74. The van der Waals surface area contributed by atoms with Gasteiger partial charge in [0.25, 0.3) is 11.8 Å². The summed E-state index contributed by atoms with van der Waals surface area (Å²) in [5, 5.41) is 0. The van der Waals surface area contributed by atoms with E-state index < -0.39 is 29.4 Å². The molecule has 2 rings (SSSR count). The Morgan fingerprint density at radius 3 is 2.12 bits per heavy atom. The Kier molecular flexibility index (Phi) is 5.22. The van der Waals surface area contributed by atoms with Gasteiger partial charge in [-0.15, -0.1) is 0 Å². The maximum atomic E-state index is 12.6. The van der Waals surface area contributed by atoms with Gasteiger partial charge < -0.3 is 4.74 Å². The number of ether oxygens (including phenoxy) is 1. The molecule has 0 aliphatic carbocycles. The molecular weight excluding hydrogens is 306 g/mol. The summed E-state index contributed by atoms with van der Waals surface area (Å²) in [6.45, 7) is 7.24. The number of hydrogen-bond donors (Lipinski definition) is 0. The first-order valence-corrected chi connectivity index (χ1v) is 8.02. The van der Waals surface area contributed by atoms with Crippen LogP contribution in [0.2, 0.25) is 0 Å². The molecule has 2 amide bonds. The number of rotatable bonds is 5. The van der Waals surface area contributed by atoms with Crippen LogP contribution in [-0.2, 0) is 19.1 Å². The van der Waals surface area contributed by atoms with Crippen LogP contribution in [-0.4, -0.2) is 34.3 Å². The molecule has 0 fully saturated rings. The van der Waals surface area contributed by atoms with Crippen LogP contribution in [0.4, 0.5) is 0 Å². The van der Waals surface area contributed by atoms with E-state index in [2.05, 4.69) is 0 Å². The Balaban J connectivity index is 2.24. The van der Waals surface area contributed by atoms with E-state index >= 15 is 0 Å². The molecule has 1 aromatic rings. The summed E-state index contributed by atoms with van der Waals surface area (Å²) in [4.78, 5) is 37.7. The van der Waals surface area contributed by atoms with Crippen LogP contribution in [0, 0.1) is 0 Å². The SMILES string of the molecule is CC(CC(C(=O)OC(C)(C)C)N1C(=O)C=CC1=O)c1ccccc1. The van der Waals surface area contributed by atoms with Crippen LogP contribution in [0.1, 0.15) is 45.6 Å². The van der Waals surface area contributed by atoms with E-state index in [1.165, 1.54) is 12.2 Å². The minimum Gasteiger partial charge on any atom is -0.458 e. The van der Waals surface area contributed by atoms with E-state index in [4.69, 9.17) is 4.74 Å². The molecule has 0 N–H and O–H groups in total. The van der Waals surface area contributed by atoms with Gasteiger partial charge in [-0.2, -0.15) is 0 Å². The second kappa shape index (κ2) is 6.99. The molecule has 128 valence electrons. The minimum absolute atomic E-state index is 0.00933. The smallest absolute Gasteiger partial charge is 0.329 e. The van der Waals surface area contributed by atoms with Crippen LogP contribution in [0.15, 0.2) is 42.5 Å². The summed E-state index contributed by atoms with van der Waals surface area (Å²) in [5.74, 6) is -1.52. The lowest BCUT2D eigenvalue weighted by molar-refractivity contribution is -0.166. The van der Waals surface area contributed by atoms with Gasteiger partial charge in [0.15, 0.2) is 0 Å². The van der Waals surface area contributed by atoms with Crippen molar-refractivity contribution in [3.05, 3.63) is 48.0 Å². The Bertz CT molecular complexity index is 640. The highest BCUT2D eigenvalue weighted by Crippen LogP contribution is 2.26.